The highest BCUT2D eigenvalue weighted by atomic mass is 32.2. The quantitative estimate of drug-likeness (QED) is 0.261. The van der Waals surface area contributed by atoms with Gasteiger partial charge in [0, 0.05) is 29.3 Å². The summed E-state index contributed by atoms with van der Waals surface area (Å²) >= 11 is 1.13. The molecule has 4 rings (SSSR count). The lowest BCUT2D eigenvalue weighted by Gasteiger charge is -2.13. The van der Waals surface area contributed by atoms with Gasteiger partial charge in [0.25, 0.3) is 0 Å². The standard InChI is InChI=1S/C21H18F3N7OS.C2H6/c22-21(23,24)11-28-19-18-16(6-5-15(29-18)13-7-8-26-17(32)9-13)30-20(31-19)27-10-12-1-3-14(33-25)4-2-12;1-2/h1-9H,10-11,25H2,(H,26,32)(H2,27,28,30,31);1-2H3. The first kappa shape index (κ1) is 26.0. The molecule has 0 saturated heterocycles. The number of pyridine rings is 2. The molecule has 0 atom stereocenters. The van der Waals surface area contributed by atoms with Crippen molar-refractivity contribution in [1.82, 2.24) is 19.9 Å². The van der Waals surface area contributed by atoms with Crippen LogP contribution in [0, 0.1) is 0 Å². The lowest BCUT2D eigenvalue weighted by Crippen LogP contribution is -2.22. The van der Waals surface area contributed by atoms with E-state index in [1.807, 2.05) is 38.1 Å². The Hall–Kier alpha value is -3.64. The zero-order valence-electron chi connectivity index (χ0n) is 19.0. The first-order valence-electron chi connectivity index (χ1n) is 10.7. The summed E-state index contributed by atoms with van der Waals surface area (Å²) in [6, 6.07) is 13.7. The molecule has 0 fully saturated rings. The van der Waals surface area contributed by atoms with Crippen LogP contribution < -0.4 is 21.3 Å². The van der Waals surface area contributed by atoms with Crippen molar-refractivity contribution in [3.05, 3.63) is 70.6 Å². The Balaban J connectivity index is 0.00000167. The highest BCUT2D eigenvalue weighted by Crippen LogP contribution is 2.26. The van der Waals surface area contributed by atoms with Gasteiger partial charge in [0.2, 0.25) is 11.5 Å². The molecule has 1 aromatic carbocycles. The second-order valence-electron chi connectivity index (χ2n) is 6.99. The first-order chi connectivity index (χ1) is 16.8. The van der Waals surface area contributed by atoms with E-state index in [1.54, 1.807) is 18.2 Å². The van der Waals surface area contributed by atoms with E-state index in [9.17, 15) is 18.0 Å². The summed E-state index contributed by atoms with van der Waals surface area (Å²) < 4.78 is 38.6. The number of H-pyrrole nitrogens is 1. The van der Waals surface area contributed by atoms with Gasteiger partial charge in [0.15, 0.2) is 5.82 Å². The van der Waals surface area contributed by atoms with Gasteiger partial charge in [-0.2, -0.15) is 18.2 Å². The van der Waals surface area contributed by atoms with Crippen LogP contribution in [-0.4, -0.2) is 32.7 Å². The number of halogens is 3. The third-order valence-corrected chi connectivity index (χ3v) is 5.12. The minimum absolute atomic E-state index is 0.0682. The zero-order valence-corrected chi connectivity index (χ0v) is 19.8. The predicted octanol–water partition coefficient (Wildman–Crippen LogP) is 4.96. The second-order valence-corrected chi connectivity index (χ2v) is 7.69. The molecular formula is C23H24F3N7OS. The number of nitrogens with zero attached hydrogens (tertiary/aromatic N) is 3. The largest absolute Gasteiger partial charge is 0.405 e. The highest BCUT2D eigenvalue weighted by Gasteiger charge is 2.27. The SMILES string of the molecule is CC.NSc1ccc(CNc2nc(NCC(F)(F)F)c3nc(-c4cc[nH]c(=O)c4)ccc3n2)cc1. The maximum atomic E-state index is 12.9. The van der Waals surface area contributed by atoms with Crippen LogP contribution in [0.4, 0.5) is 24.9 Å². The molecule has 0 radical (unpaired) electrons. The molecule has 8 nitrogen and oxygen atoms in total. The molecule has 0 bridgehead atoms. The molecule has 0 spiro atoms. The van der Waals surface area contributed by atoms with Crippen LogP contribution in [0.3, 0.4) is 0 Å². The Labute approximate surface area is 203 Å². The van der Waals surface area contributed by atoms with Gasteiger partial charge in [0.05, 0.1) is 11.2 Å². The average molecular weight is 504 g/mol. The Kier molecular flexibility index (Phi) is 8.66. The van der Waals surface area contributed by atoms with Crippen molar-refractivity contribution in [2.24, 2.45) is 5.14 Å². The van der Waals surface area contributed by atoms with Crippen LogP contribution in [0.25, 0.3) is 22.3 Å². The number of nitrogens with one attached hydrogen (secondary N) is 3. The highest BCUT2D eigenvalue weighted by molar-refractivity contribution is 7.97. The van der Waals surface area contributed by atoms with Gasteiger partial charge in [-0.15, -0.1) is 0 Å². The van der Waals surface area contributed by atoms with E-state index in [-0.39, 0.29) is 22.8 Å². The lowest BCUT2D eigenvalue weighted by atomic mass is 10.1. The van der Waals surface area contributed by atoms with Gasteiger partial charge in [-0.05, 0) is 47.8 Å². The fraction of sp³-hybridized carbons (Fsp3) is 0.217. The molecule has 5 N–H and O–H groups in total. The summed E-state index contributed by atoms with van der Waals surface area (Å²) in [5, 5.41) is 10.9. The van der Waals surface area contributed by atoms with Crippen molar-refractivity contribution >= 4 is 34.7 Å². The number of rotatable bonds is 7. The van der Waals surface area contributed by atoms with Crippen LogP contribution in [0.1, 0.15) is 19.4 Å². The number of aromatic amines is 1. The Morgan fingerprint density at radius 3 is 2.40 bits per heavy atom. The maximum Gasteiger partial charge on any atom is 0.405 e. The van der Waals surface area contributed by atoms with Crippen LogP contribution in [0.5, 0.6) is 0 Å². The van der Waals surface area contributed by atoms with Crippen molar-refractivity contribution in [2.75, 3.05) is 17.2 Å². The van der Waals surface area contributed by atoms with Gasteiger partial charge in [-0.1, -0.05) is 26.0 Å². The molecule has 0 aliphatic heterocycles. The lowest BCUT2D eigenvalue weighted by molar-refractivity contribution is -0.115. The molecule has 184 valence electrons. The maximum absolute atomic E-state index is 12.9. The van der Waals surface area contributed by atoms with Crippen LogP contribution >= 0.6 is 11.9 Å². The topological polar surface area (TPSA) is 122 Å². The number of hydrogen-bond acceptors (Lipinski definition) is 8. The molecule has 0 aliphatic carbocycles. The van der Waals surface area contributed by atoms with Crippen molar-refractivity contribution < 1.29 is 13.2 Å². The average Bonchev–Trinajstić information content (AvgIpc) is 2.87. The van der Waals surface area contributed by atoms with Crippen molar-refractivity contribution in [2.45, 2.75) is 31.5 Å². The van der Waals surface area contributed by atoms with E-state index >= 15 is 0 Å². The monoisotopic (exact) mass is 503 g/mol. The van der Waals surface area contributed by atoms with E-state index in [1.165, 1.54) is 12.3 Å². The van der Waals surface area contributed by atoms with E-state index in [4.69, 9.17) is 5.14 Å². The predicted molar refractivity (Wildman–Crippen MR) is 133 cm³/mol. The van der Waals surface area contributed by atoms with E-state index in [0.717, 1.165) is 22.4 Å². The minimum atomic E-state index is -4.45. The molecule has 35 heavy (non-hydrogen) atoms. The number of benzene rings is 1. The molecule has 4 aromatic rings. The Morgan fingerprint density at radius 2 is 1.74 bits per heavy atom. The van der Waals surface area contributed by atoms with E-state index in [0.29, 0.717) is 23.3 Å². The van der Waals surface area contributed by atoms with Gasteiger partial charge < -0.3 is 15.6 Å². The van der Waals surface area contributed by atoms with Crippen molar-refractivity contribution in [3.8, 4) is 11.3 Å². The summed E-state index contributed by atoms with van der Waals surface area (Å²) in [5.41, 5.74) is 2.03. The number of alkyl halides is 3. The number of anilines is 2. The number of fused-ring (bicyclic) bond motifs is 1. The smallest absolute Gasteiger partial charge is 0.359 e. The molecule has 0 unspecified atom stereocenters. The molecule has 3 heterocycles. The molecule has 0 amide bonds. The minimum Gasteiger partial charge on any atom is -0.359 e. The van der Waals surface area contributed by atoms with Crippen LogP contribution in [0.2, 0.25) is 0 Å². The fourth-order valence-electron chi connectivity index (χ4n) is 3.03. The summed E-state index contributed by atoms with van der Waals surface area (Å²) in [5.74, 6) is 0.0801. The summed E-state index contributed by atoms with van der Waals surface area (Å²) in [6.07, 6.45) is -2.98. The van der Waals surface area contributed by atoms with Crippen molar-refractivity contribution in [1.29, 1.82) is 0 Å². The Morgan fingerprint density at radius 1 is 1.00 bits per heavy atom. The summed E-state index contributed by atoms with van der Waals surface area (Å²) in [4.78, 5) is 28.0. The third-order valence-electron chi connectivity index (χ3n) is 4.58. The number of aromatic nitrogens is 4. The first-order valence-corrected chi connectivity index (χ1v) is 11.6. The molecular weight excluding hydrogens is 479 g/mol. The van der Waals surface area contributed by atoms with Gasteiger partial charge in [0.1, 0.15) is 12.1 Å². The van der Waals surface area contributed by atoms with Crippen LogP contribution in [-0.2, 0) is 6.54 Å². The third kappa shape index (κ3) is 7.17. The number of hydrogen-bond donors (Lipinski definition) is 4. The Bertz CT molecular complexity index is 1330. The van der Waals surface area contributed by atoms with Crippen LogP contribution in [0.15, 0.2) is 64.4 Å². The molecule has 0 aliphatic rings. The van der Waals surface area contributed by atoms with Crippen molar-refractivity contribution in [3.63, 3.8) is 0 Å². The zero-order chi connectivity index (χ0) is 25.4. The van der Waals surface area contributed by atoms with Gasteiger partial charge >= 0.3 is 6.18 Å². The van der Waals surface area contributed by atoms with E-state index in [2.05, 4.69) is 30.6 Å². The normalized spacial score (nSPS) is 11.0. The van der Waals surface area contributed by atoms with Gasteiger partial charge in [-0.3, -0.25) is 9.93 Å². The summed E-state index contributed by atoms with van der Waals surface area (Å²) in [7, 11) is 0. The van der Waals surface area contributed by atoms with E-state index < -0.39 is 12.7 Å². The number of nitrogens with two attached hydrogens (primary N) is 1. The molecule has 3 aromatic heterocycles. The van der Waals surface area contributed by atoms with Gasteiger partial charge in [-0.25, -0.2) is 9.97 Å². The fourth-order valence-corrected chi connectivity index (χ4v) is 3.33. The molecule has 12 heteroatoms. The second kappa shape index (κ2) is 11.7. The molecule has 0 saturated carbocycles. The summed E-state index contributed by atoms with van der Waals surface area (Å²) in [6.45, 7) is 3.08.